The number of piperidine rings is 1. The Bertz CT molecular complexity index is 803. The molecule has 26 heavy (non-hydrogen) atoms. The van der Waals surface area contributed by atoms with Crippen LogP contribution in [0.2, 0.25) is 0 Å². The van der Waals surface area contributed by atoms with E-state index in [0.29, 0.717) is 22.9 Å². The molecule has 1 saturated heterocycles. The molecule has 5 nitrogen and oxygen atoms in total. The van der Waals surface area contributed by atoms with Gasteiger partial charge in [-0.05, 0) is 57.5 Å². The van der Waals surface area contributed by atoms with Gasteiger partial charge < -0.3 is 16.0 Å². The molecule has 2 aromatic rings. The third-order valence-corrected chi connectivity index (χ3v) is 4.66. The predicted molar refractivity (Wildman–Crippen MR) is 104 cm³/mol. The summed E-state index contributed by atoms with van der Waals surface area (Å²) in [7, 11) is 0. The van der Waals surface area contributed by atoms with E-state index < -0.39 is 0 Å². The van der Waals surface area contributed by atoms with Gasteiger partial charge in [0.05, 0.1) is 11.3 Å². The Balaban J connectivity index is 1.73. The molecule has 1 fully saturated rings. The van der Waals surface area contributed by atoms with E-state index in [1.54, 1.807) is 18.2 Å². The molecule has 0 radical (unpaired) electrons. The summed E-state index contributed by atoms with van der Waals surface area (Å²) in [4.78, 5) is 25.3. The molecule has 0 spiro atoms. The maximum absolute atomic E-state index is 12.7. The van der Waals surface area contributed by atoms with E-state index in [4.69, 9.17) is 0 Å². The van der Waals surface area contributed by atoms with Crippen molar-refractivity contribution in [2.45, 2.75) is 38.8 Å². The van der Waals surface area contributed by atoms with Crippen LogP contribution in [0.15, 0.2) is 48.5 Å². The van der Waals surface area contributed by atoms with Crippen LogP contribution < -0.4 is 16.0 Å². The van der Waals surface area contributed by atoms with Crippen molar-refractivity contribution in [3.05, 3.63) is 65.2 Å². The number of para-hydroxylation sites is 1. The van der Waals surface area contributed by atoms with Crippen molar-refractivity contribution < 1.29 is 9.59 Å². The Morgan fingerprint density at radius 3 is 2.65 bits per heavy atom. The molecular weight excluding hydrogens is 326 g/mol. The molecule has 2 aromatic carbocycles. The number of carbonyl (C=O) groups is 2. The normalized spacial score (nSPS) is 19.6. The highest BCUT2D eigenvalue weighted by Crippen LogP contribution is 2.18. The minimum absolute atomic E-state index is 0.149. The van der Waals surface area contributed by atoms with E-state index in [9.17, 15) is 9.59 Å². The van der Waals surface area contributed by atoms with Gasteiger partial charge in [-0.25, -0.2) is 0 Å². The summed E-state index contributed by atoms with van der Waals surface area (Å²) in [6, 6.07) is 15.1. The third kappa shape index (κ3) is 4.49. The molecule has 0 bridgehead atoms. The maximum Gasteiger partial charge on any atom is 0.255 e. The summed E-state index contributed by atoms with van der Waals surface area (Å²) in [5, 5.41) is 9.34. The number of benzene rings is 2. The standard InChI is InChI=1S/C21H25N3O2/c1-14-6-5-7-16(12-14)20(25)24-19-9-4-3-8-18(19)21(26)23-17-10-11-22-15(2)13-17/h3-9,12,15,17,22H,10-11,13H2,1-2H3,(H,23,26)(H,24,25). The number of nitrogens with one attached hydrogen (secondary N) is 3. The van der Waals surface area contributed by atoms with Crippen LogP contribution in [0.1, 0.15) is 46.0 Å². The molecule has 1 aliphatic heterocycles. The highest BCUT2D eigenvalue weighted by atomic mass is 16.2. The number of amides is 2. The second-order valence-electron chi connectivity index (χ2n) is 6.92. The Morgan fingerprint density at radius 1 is 1.08 bits per heavy atom. The molecule has 3 N–H and O–H groups in total. The number of hydrogen-bond donors (Lipinski definition) is 3. The molecule has 1 heterocycles. The van der Waals surface area contributed by atoms with Crippen LogP contribution >= 0.6 is 0 Å². The molecule has 0 aliphatic carbocycles. The topological polar surface area (TPSA) is 70.2 Å². The molecular formula is C21H25N3O2. The summed E-state index contributed by atoms with van der Waals surface area (Å²) < 4.78 is 0. The Morgan fingerprint density at radius 2 is 1.88 bits per heavy atom. The fourth-order valence-corrected chi connectivity index (χ4v) is 3.30. The lowest BCUT2D eigenvalue weighted by Crippen LogP contribution is -2.46. The number of carbonyl (C=O) groups excluding carboxylic acids is 2. The molecule has 2 atom stereocenters. The van der Waals surface area contributed by atoms with E-state index in [2.05, 4.69) is 22.9 Å². The largest absolute Gasteiger partial charge is 0.349 e. The van der Waals surface area contributed by atoms with Crippen LogP contribution in [0.3, 0.4) is 0 Å². The highest BCUT2D eigenvalue weighted by Gasteiger charge is 2.22. The summed E-state index contributed by atoms with van der Waals surface area (Å²) in [6.07, 6.45) is 1.82. The van der Waals surface area contributed by atoms with Crippen molar-refractivity contribution in [3.63, 3.8) is 0 Å². The van der Waals surface area contributed by atoms with Crippen molar-refractivity contribution in [2.75, 3.05) is 11.9 Å². The fourth-order valence-electron chi connectivity index (χ4n) is 3.30. The van der Waals surface area contributed by atoms with E-state index in [1.807, 2.05) is 37.3 Å². The van der Waals surface area contributed by atoms with Gasteiger partial charge in [-0.15, -0.1) is 0 Å². The molecule has 3 rings (SSSR count). The van der Waals surface area contributed by atoms with Crippen LogP contribution in [0.25, 0.3) is 0 Å². The van der Waals surface area contributed by atoms with Crippen molar-refractivity contribution in [2.24, 2.45) is 0 Å². The van der Waals surface area contributed by atoms with Gasteiger partial charge in [0.25, 0.3) is 11.8 Å². The molecule has 5 heteroatoms. The van der Waals surface area contributed by atoms with E-state index in [0.717, 1.165) is 24.9 Å². The van der Waals surface area contributed by atoms with Gasteiger partial charge in [-0.3, -0.25) is 9.59 Å². The van der Waals surface area contributed by atoms with E-state index >= 15 is 0 Å². The van der Waals surface area contributed by atoms with Gasteiger partial charge in [0.15, 0.2) is 0 Å². The lowest BCUT2D eigenvalue weighted by Gasteiger charge is -2.28. The Hall–Kier alpha value is -2.66. The molecule has 1 aliphatic rings. The van der Waals surface area contributed by atoms with Crippen molar-refractivity contribution in [1.82, 2.24) is 10.6 Å². The van der Waals surface area contributed by atoms with Crippen LogP contribution in [-0.4, -0.2) is 30.4 Å². The zero-order valence-corrected chi connectivity index (χ0v) is 15.2. The Kier molecular flexibility index (Phi) is 5.68. The first-order valence-corrected chi connectivity index (χ1v) is 9.04. The minimum Gasteiger partial charge on any atom is -0.349 e. The number of hydrogen-bond acceptors (Lipinski definition) is 3. The first kappa shape index (κ1) is 18.1. The Labute approximate surface area is 154 Å². The second-order valence-corrected chi connectivity index (χ2v) is 6.92. The van der Waals surface area contributed by atoms with Crippen molar-refractivity contribution in [3.8, 4) is 0 Å². The van der Waals surface area contributed by atoms with Crippen LogP contribution in [0, 0.1) is 6.92 Å². The second kappa shape index (κ2) is 8.15. The molecule has 2 amide bonds. The van der Waals surface area contributed by atoms with Crippen molar-refractivity contribution >= 4 is 17.5 Å². The molecule has 2 unspecified atom stereocenters. The SMILES string of the molecule is Cc1cccc(C(=O)Nc2ccccc2C(=O)NC2CCNC(C)C2)c1. The quantitative estimate of drug-likeness (QED) is 0.793. The van der Waals surface area contributed by atoms with Crippen LogP contribution in [0.4, 0.5) is 5.69 Å². The molecule has 0 saturated carbocycles. The van der Waals surface area contributed by atoms with Crippen LogP contribution in [0.5, 0.6) is 0 Å². The average molecular weight is 351 g/mol. The van der Waals surface area contributed by atoms with Gasteiger partial charge in [-0.1, -0.05) is 29.8 Å². The number of rotatable bonds is 4. The predicted octanol–water partition coefficient (Wildman–Crippen LogP) is 3.12. The van der Waals surface area contributed by atoms with Gasteiger partial charge >= 0.3 is 0 Å². The number of aryl methyl sites for hydroxylation is 1. The molecule has 136 valence electrons. The lowest BCUT2D eigenvalue weighted by atomic mass is 10.00. The first-order valence-electron chi connectivity index (χ1n) is 9.04. The van der Waals surface area contributed by atoms with E-state index in [-0.39, 0.29) is 17.9 Å². The summed E-state index contributed by atoms with van der Waals surface area (Å²) in [6.45, 7) is 4.96. The van der Waals surface area contributed by atoms with Crippen LogP contribution in [-0.2, 0) is 0 Å². The van der Waals surface area contributed by atoms with Crippen molar-refractivity contribution in [1.29, 1.82) is 0 Å². The van der Waals surface area contributed by atoms with Gasteiger partial charge in [-0.2, -0.15) is 0 Å². The smallest absolute Gasteiger partial charge is 0.255 e. The maximum atomic E-state index is 12.7. The first-order chi connectivity index (χ1) is 12.5. The zero-order chi connectivity index (χ0) is 18.5. The van der Waals surface area contributed by atoms with Gasteiger partial charge in [0.1, 0.15) is 0 Å². The summed E-state index contributed by atoms with van der Waals surface area (Å²) in [5.41, 5.74) is 2.61. The van der Waals surface area contributed by atoms with Gasteiger partial charge in [0.2, 0.25) is 0 Å². The third-order valence-electron chi connectivity index (χ3n) is 4.66. The number of anilines is 1. The van der Waals surface area contributed by atoms with Gasteiger partial charge in [0, 0.05) is 17.6 Å². The molecule has 0 aromatic heterocycles. The fraction of sp³-hybridized carbons (Fsp3) is 0.333. The monoisotopic (exact) mass is 351 g/mol. The summed E-state index contributed by atoms with van der Waals surface area (Å²) in [5.74, 6) is -0.367. The highest BCUT2D eigenvalue weighted by molar-refractivity contribution is 6.09. The summed E-state index contributed by atoms with van der Waals surface area (Å²) >= 11 is 0. The van der Waals surface area contributed by atoms with E-state index in [1.165, 1.54) is 0 Å². The average Bonchev–Trinajstić information content (AvgIpc) is 2.62. The minimum atomic E-state index is -0.218. The lowest BCUT2D eigenvalue weighted by molar-refractivity contribution is 0.0926. The zero-order valence-electron chi connectivity index (χ0n) is 15.2.